The minimum atomic E-state index is -4.25. The van der Waals surface area contributed by atoms with Crippen LogP contribution in [0.15, 0.2) is 36.5 Å². The van der Waals surface area contributed by atoms with Gasteiger partial charge in [0, 0.05) is 6.42 Å². The summed E-state index contributed by atoms with van der Waals surface area (Å²) in [5.74, 6) is -0.368. The van der Waals surface area contributed by atoms with Crippen LogP contribution in [0.4, 0.5) is 0 Å². The van der Waals surface area contributed by atoms with Crippen LogP contribution < -0.4 is 0 Å². The van der Waals surface area contributed by atoms with Gasteiger partial charge in [-0.2, -0.15) is 0 Å². The van der Waals surface area contributed by atoms with Crippen molar-refractivity contribution in [3.8, 4) is 0 Å². The molecule has 336 valence electrons. The van der Waals surface area contributed by atoms with Gasteiger partial charge >= 0.3 is 13.8 Å². The molecule has 0 amide bonds. The normalized spacial score (nSPS) is 14.0. The number of rotatable bonds is 44. The molecule has 0 aromatic heterocycles. The summed E-state index contributed by atoms with van der Waals surface area (Å²) in [4.78, 5) is 21.7. The molecule has 0 aromatic rings. The fraction of sp³-hybridized carbons (Fsp3) is 0.854. The molecule has 0 bridgehead atoms. The minimum Gasteiger partial charge on any atom is -0.463 e. The summed E-state index contributed by atoms with van der Waals surface area (Å²) in [5.41, 5.74) is 0. The first-order chi connectivity index (χ1) is 27.6. The van der Waals surface area contributed by atoms with Crippen LogP contribution in [0.3, 0.4) is 0 Å². The molecule has 0 saturated heterocycles. The summed E-state index contributed by atoms with van der Waals surface area (Å²) < 4.78 is 27.3. The van der Waals surface area contributed by atoms with E-state index in [1.807, 2.05) is 21.1 Å². The van der Waals surface area contributed by atoms with Gasteiger partial charge in [-0.25, -0.2) is 4.57 Å². The summed E-state index contributed by atoms with van der Waals surface area (Å²) in [6.07, 6.45) is 53.6. The molecule has 0 saturated carbocycles. The van der Waals surface area contributed by atoms with Crippen molar-refractivity contribution >= 4 is 13.8 Å². The topological polar surface area (TPSA) is 102 Å². The second kappa shape index (κ2) is 41.5. The highest BCUT2D eigenvalue weighted by Gasteiger charge is 2.24. The lowest BCUT2D eigenvalue weighted by atomic mass is 10.0. The van der Waals surface area contributed by atoms with E-state index in [0.717, 1.165) is 32.1 Å². The second-order valence-corrected chi connectivity index (χ2v) is 18.8. The van der Waals surface area contributed by atoms with E-state index in [1.165, 1.54) is 167 Å². The third-order valence-electron chi connectivity index (χ3n) is 10.4. The number of allylic oxidation sites excluding steroid dienone is 6. The number of carbonyl (C=O) groups is 1. The fourth-order valence-corrected chi connectivity index (χ4v) is 7.41. The number of phosphoric acid groups is 1. The summed E-state index contributed by atoms with van der Waals surface area (Å²) in [6, 6.07) is 0. The van der Waals surface area contributed by atoms with E-state index in [2.05, 4.69) is 43.4 Å². The molecular formula is C48H93NO7P+. The van der Waals surface area contributed by atoms with Crippen molar-refractivity contribution in [3.05, 3.63) is 36.5 Å². The van der Waals surface area contributed by atoms with Crippen LogP contribution in [-0.2, 0) is 23.1 Å². The van der Waals surface area contributed by atoms with Crippen LogP contribution in [0, 0.1) is 0 Å². The Kier molecular flexibility index (Phi) is 40.5. The smallest absolute Gasteiger partial charge is 0.463 e. The maximum atomic E-state index is 12.0. The first-order valence-corrected chi connectivity index (χ1v) is 25.3. The van der Waals surface area contributed by atoms with Gasteiger partial charge < -0.3 is 19.2 Å². The molecule has 2 unspecified atom stereocenters. The summed E-state index contributed by atoms with van der Waals surface area (Å²) in [6.45, 7) is 2.15. The molecule has 2 atom stereocenters. The van der Waals surface area contributed by atoms with Crippen molar-refractivity contribution in [2.75, 3.05) is 47.5 Å². The van der Waals surface area contributed by atoms with E-state index in [9.17, 15) is 19.4 Å². The Balaban J connectivity index is 3.34. The van der Waals surface area contributed by atoms with Gasteiger partial charge in [-0.15, -0.1) is 0 Å². The highest BCUT2D eigenvalue weighted by Crippen LogP contribution is 2.43. The van der Waals surface area contributed by atoms with Crippen LogP contribution in [0.2, 0.25) is 0 Å². The minimum absolute atomic E-state index is 0.0555. The van der Waals surface area contributed by atoms with Gasteiger partial charge in [-0.05, 0) is 44.9 Å². The highest BCUT2D eigenvalue weighted by atomic mass is 31.2. The van der Waals surface area contributed by atoms with Crippen LogP contribution in [-0.4, -0.2) is 74.1 Å². The molecule has 0 spiro atoms. The number of nitrogens with zero attached hydrogens (tertiary/aromatic N) is 1. The maximum absolute atomic E-state index is 12.0. The Bertz CT molecular complexity index is 1010. The monoisotopic (exact) mass is 827 g/mol. The Morgan fingerprint density at radius 3 is 1.32 bits per heavy atom. The SMILES string of the molecule is CCCCCCC/C=C\C/C=C\C/C=C\CCCCCCCCCCCCCCCCCCCCCCCCC(=O)OCC(O)COP(=O)(O)OCC[N+](C)(C)C. The van der Waals surface area contributed by atoms with Crippen LogP contribution in [0.25, 0.3) is 0 Å². The zero-order valence-electron chi connectivity index (χ0n) is 37.8. The lowest BCUT2D eigenvalue weighted by molar-refractivity contribution is -0.870. The van der Waals surface area contributed by atoms with E-state index < -0.39 is 20.5 Å². The molecule has 0 aromatic carbocycles. The van der Waals surface area contributed by atoms with Gasteiger partial charge in [0.15, 0.2) is 0 Å². The standard InChI is InChI=1S/C48H92NO7P/c1-5-6-7-8-9-10-11-12-13-14-15-16-17-18-19-20-21-22-23-24-25-26-27-28-29-30-31-32-33-34-35-36-37-38-39-40-41-42-48(51)54-45-47(50)46-56-57(52,53)55-44-43-49(2,3)4/h11-12,14-15,17-18,47,50H,5-10,13,16,19-46H2,1-4H3/p+1/b12-11-,15-14-,18-17-. The molecule has 2 N–H and O–H groups in total. The van der Waals surface area contributed by atoms with Crippen molar-refractivity contribution in [3.63, 3.8) is 0 Å². The third kappa shape index (κ3) is 47.3. The number of aliphatic hydroxyl groups is 1. The predicted molar refractivity (Wildman–Crippen MR) is 242 cm³/mol. The van der Waals surface area contributed by atoms with Crippen molar-refractivity contribution in [2.24, 2.45) is 0 Å². The predicted octanol–water partition coefficient (Wildman–Crippen LogP) is 13.9. The molecule has 0 heterocycles. The van der Waals surface area contributed by atoms with Gasteiger partial charge in [-0.3, -0.25) is 13.8 Å². The van der Waals surface area contributed by atoms with Gasteiger partial charge in [0.1, 0.15) is 25.9 Å². The van der Waals surface area contributed by atoms with Gasteiger partial charge in [0.25, 0.3) is 0 Å². The first kappa shape index (κ1) is 55.7. The van der Waals surface area contributed by atoms with Gasteiger partial charge in [-0.1, -0.05) is 197 Å². The van der Waals surface area contributed by atoms with Gasteiger partial charge in [0.2, 0.25) is 0 Å². The molecule has 0 fully saturated rings. The molecule has 57 heavy (non-hydrogen) atoms. The number of likely N-dealkylation sites (N-methyl/N-ethyl adjacent to an activating group) is 1. The zero-order chi connectivity index (χ0) is 42.0. The number of esters is 1. The molecule has 9 heteroatoms. The average molecular weight is 827 g/mol. The molecule has 0 radical (unpaired) electrons. The zero-order valence-corrected chi connectivity index (χ0v) is 38.7. The Morgan fingerprint density at radius 2 is 0.912 bits per heavy atom. The lowest BCUT2D eigenvalue weighted by Gasteiger charge is -2.24. The summed E-state index contributed by atoms with van der Waals surface area (Å²) in [5, 5.41) is 9.92. The quantitative estimate of drug-likeness (QED) is 0.0207. The number of hydrogen-bond donors (Lipinski definition) is 2. The average Bonchev–Trinajstić information content (AvgIpc) is 3.17. The van der Waals surface area contributed by atoms with Gasteiger partial charge in [0.05, 0.1) is 27.7 Å². The number of aliphatic hydroxyl groups excluding tert-OH is 1. The Morgan fingerprint density at radius 1 is 0.544 bits per heavy atom. The molecular weight excluding hydrogens is 734 g/mol. The second-order valence-electron chi connectivity index (χ2n) is 17.4. The molecule has 0 aliphatic carbocycles. The number of quaternary nitrogens is 1. The molecule has 8 nitrogen and oxygen atoms in total. The Labute approximate surface area is 352 Å². The van der Waals surface area contributed by atoms with E-state index in [0.29, 0.717) is 17.4 Å². The van der Waals surface area contributed by atoms with E-state index in [1.54, 1.807) is 0 Å². The van der Waals surface area contributed by atoms with Crippen molar-refractivity contribution in [1.82, 2.24) is 0 Å². The summed E-state index contributed by atoms with van der Waals surface area (Å²) >= 11 is 0. The number of hydrogen-bond acceptors (Lipinski definition) is 6. The van der Waals surface area contributed by atoms with Crippen LogP contribution in [0.5, 0.6) is 0 Å². The first-order valence-electron chi connectivity index (χ1n) is 23.8. The van der Waals surface area contributed by atoms with E-state index >= 15 is 0 Å². The fourth-order valence-electron chi connectivity index (χ4n) is 6.67. The number of phosphoric ester groups is 1. The number of unbranched alkanes of at least 4 members (excludes halogenated alkanes) is 27. The third-order valence-corrected chi connectivity index (χ3v) is 11.4. The van der Waals surface area contributed by atoms with E-state index in [4.69, 9.17) is 13.8 Å². The van der Waals surface area contributed by atoms with Crippen molar-refractivity contribution < 1.29 is 37.6 Å². The highest BCUT2D eigenvalue weighted by molar-refractivity contribution is 7.47. The maximum Gasteiger partial charge on any atom is 0.472 e. The number of ether oxygens (including phenoxy) is 1. The van der Waals surface area contributed by atoms with Crippen molar-refractivity contribution in [2.45, 2.75) is 218 Å². The van der Waals surface area contributed by atoms with E-state index in [-0.39, 0.29) is 19.2 Å². The molecule has 0 aliphatic rings. The van der Waals surface area contributed by atoms with Crippen molar-refractivity contribution in [1.29, 1.82) is 0 Å². The van der Waals surface area contributed by atoms with Crippen LogP contribution >= 0.6 is 7.82 Å². The lowest BCUT2D eigenvalue weighted by Crippen LogP contribution is -2.37. The molecule has 0 rings (SSSR count). The molecule has 0 aliphatic heterocycles. The number of carbonyl (C=O) groups excluding carboxylic acids is 1. The summed E-state index contributed by atoms with van der Waals surface area (Å²) in [7, 11) is 1.57. The largest absolute Gasteiger partial charge is 0.472 e. The van der Waals surface area contributed by atoms with Crippen LogP contribution in [0.1, 0.15) is 212 Å². The Hall–Kier alpha value is -1.28.